The normalized spacial score (nSPS) is 14.6. The molecule has 3 heterocycles. The first-order chi connectivity index (χ1) is 7.93. The molecule has 1 aliphatic rings. The average Bonchev–Trinajstić information content (AvgIpc) is 2.61. The van der Waals surface area contributed by atoms with Crippen LogP contribution in [0.3, 0.4) is 0 Å². The van der Waals surface area contributed by atoms with E-state index in [1.54, 1.807) is 0 Å². The fraction of sp³-hybridized carbons (Fsp3) is 0. The molecule has 0 unspecified atom stereocenters. The molecule has 1 aliphatic heterocycles. The number of allylic oxidation sites excluding steroid dienone is 4. The second-order valence-corrected chi connectivity index (χ2v) is 3.73. The smallest absolute Gasteiger partial charge is 0.0468 e. The van der Waals surface area contributed by atoms with Crippen LogP contribution in [0.4, 0.5) is 0 Å². The minimum atomic E-state index is 1.11. The fourth-order valence-electron chi connectivity index (χ4n) is 1.83. The Balaban J connectivity index is 2.08. The van der Waals surface area contributed by atoms with E-state index in [2.05, 4.69) is 46.4 Å². The van der Waals surface area contributed by atoms with Crippen LogP contribution in [-0.2, 0) is 0 Å². The van der Waals surface area contributed by atoms with Gasteiger partial charge in [-0.15, -0.1) is 0 Å². The Bertz CT molecular complexity index is 600. The molecule has 78 valence electrons. The lowest BCUT2D eigenvalue weighted by molar-refractivity contribution is 1.15. The zero-order chi connectivity index (χ0) is 10.8. The number of pyridine rings is 1. The molecule has 2 aromatic rings. The summed E-state index contributed by atoms with van der Waals surface area (Å²) in [5, 5.41) is 3.26. The number of rotatable bonds is 1. The highest BCUT2D eigenvalue weighted by molar-refractivity contribution is 5.68. The number of fused-ring (bicyclic) bond motifs is 1. The molecule has 0 saturated carbocycles. The van der Waals surface area contributed by atoms with E-state index in [0.717, 1.165) is 5.70 Å². The summed E-state index contributed by atoms with van der Waals surface area (Å²) >= 11 is 0. The molecule has 16 heavy (non-hydrogen) atoms. The summed E-state index contributed by atoms with van der Waals surface area (Å²) in [5.74, 6) is 0. The lowest BCUT2D eigenvalue weighted by atomic mass is 10.2. The highest BCUT2D eigenvalue weighted by Gasteiger charge is 2.01. The third-order valence-electron chi connectivity index (χ3n) is 2.65. The molecular formula is C14H12N2. The van der Waals surface area contributed by atoms with Crippen molar-refractivity contribution in [2.45, 2.75) is 0 Å². The molecule has 0 fully saturated rings. The first kappa shape index (κ1) is 9.04. The lowest BCUT2D eigenvalue weighted by Gasteiger charge is -2.07. The van der Waals surface area contributed by atoms with Gasteiger partial charge in [0, 0.05) is 35.4 Å². The molecule has 2 aromatic heterocycles. The van der Waals surface area contributed by atoms with E-state index in [1.807, 2.05) is 30.5 Å². The Kier molecular flexibility index (Phi) is 2.11. The van der Waals surface area contributed by atoms with Gasteiger partial charge in [-0.25, -0.2) is 0 Å². The van der Waals surface area contributed by atoms with Crippen molar-refractivity contribution in [3.63, 3.8) is 0 Å². The van der Waals surface area contributed by atoms with Gasteiger partial charge in [0.25, 0.3) is 0 Å². The van der Waals surface area contributed by atoms with Gasteiger partial charge in [0.2, 0.25) is 0 Å². The third-order valence-corrected chi connectivity index (χ3v) is 2.65. The van der Waals surface area contributed by atoms with Gasteiger partial charge < -0.3 is 9.72 Å². The van der Waals surface area contributed by atoms with Gasteiger partial charge in [-0.1, -0.05) is 12.2 Å². The van der Waals surface area contributed by atoms with Crippen molar-refractivity contribution in [2.75, 3.05) is 0 Å². The Morgan fingerprint density at radius 2 is 2.00 bits per heavy atom. The average molecular weight is 208 g/mol. The van der Waals surface area contributed by atoms with Crippen LogP contribution in [0.2, 0.25) is 0 Å². The number of hydrogen-bond donors (Lipinski definition) is 1. The first-order valence-corrected chi connectivity index (χ1v) is 5.31. The maximum Gasteiger partial charge on any atom is 0.0468 e. The topological polar surface area (TPSA) is 16.4 Å². The van der Waals surface area contributed by atoms with Gasteiger partial charge in [0.05, 0.1) is 0 Å². The molecule has 0 atom stereocenters. The van der Waals surface area contributed by atoms with E-state index in [9.17, 15) is 0 Å². The SMILES string of the molecule is C1=CC=C(c2ccc3cccn3c2)NC=C1. The molecule has 3 rings (SSSR count). The highest BCUT2D eigenvalue weighted by Crippen LogP contribution is 2.15. The monoisotopic (exact) mass is 208 g/mol. The van der Waals surface area contributed by atoms with Crippen molar-refractivity contribution in [3.05, 3.63) is 72.7 Å². The zero-order valence-electron chi connectivity index (χ0n) is 8.80. The van der Waals surface area contributed by atoms with Crippen molar-refractivity contribution in [1.29, 1.82) is 0 Å². The zero-order valence-corrected chi connectivity index (χ0v) is 8.80. The van der Waals surface area contributed by atoms with Gasteiger partial charge in [-0.05, 0) is 36.4 Å². The van der Waals surface area contributed by atoms with Gasteiger partial charge in [-0.3, -0.25) is 0 Å². The van der Waals surface area contributed by atoms with Gasteiger partial charge in [0.15, 0.2) is 0 Å². The number of aromatic nitrogens is 1. The van der Waals surface area contributed by atoms with Crippen LogP contribution in [0, 0.1) is 0 Å². The largest absolute Gasteiger partial charge is 0.361 e. The number of nitrogens with one attached hydrogen (secondary N) is 1. The van der Waals surface area contributed by atoms with Crippen LogP contribution >= 0.6 is 0 Å². The summed E-state index contributed by atoms with van der Waals surface area (Å²) in [5.41, 5.74) is 3.50. The second kappa shape index (κ2) is 3.74. The molecule has 0 saturated heterocycles. The van der Waals surface area contributed by atoms with Gasteiger partial charge in [0.1, 0.15) is 0 Å². The van der Waals surface area contributed by atoms with E-state index >= 15 is 0 Å². The standard InChI is InChI=1S/C14H12N2/c1-2-6-14(15-9-3-1)12-7-8-13-5-4-10-16(13)11-12/h1-11,15H. The minimum absolute atomic E-state index is 1.11. The predicted molar refractivity (Wildman–Crippen MR) is 66.8 cm³/mol. The predicted octanol–water partition coefficient (Wildman–Crippen LogP) is 2.95. The molecule has 1 N–H and O–H groups in total. The molecule has 0 spiro atoms. The summed E-state index contributed by atoms with van der Waals surface area (Å²) < 4.78 is 2.12. The lowest BCUT2D eigenvalue weighted by Crippen LogP contribution is -2.03. The molecule has 0 amide bonds. The first-order valence-electron chi connectivity index (χ1n) is 5.31. The van der Waals surface area contributed by atoms with Crippen molar-refractivity contribution in [1.82, 2.24) is 9.72 Å². The fourth-order valence-corrected chi connectivity index (χ4v) is 1.83. The summed E-state index contributed by atoms with van der Waals surface area (Å²) in [6.07, 6.45) is 14.2. The van der Waals surface area contributed by atoms with Crippen molar-refractivity contribution in [3.8, 4) is 0 Å². The van der Waals surface area contributed by atoms with Crippen LogP contribution in [0.1, 0.15) is 5.56 Å². The molecule has 2 nitrogen and oxygen atoms in total. The van der Waals surface area contributed by atoms with Crippen LogP contribution < -0.4 is 5.32 Å². The van der Waals surface area contributed by atoms with Crippen LogP contribution in [0.5, 0.6) is 0 Å². The van der Waals surface area contributed by atoms with E-state index < -0.39 is 0 Å². The van der Waals surface area contributed by atoms with Crippen LogP contribution in [0.15, 0.2) is 67.2 Å². The molecule has 0 aromatic carbocycles. The third kappa shape index (κ3) is 1.54. The van der Waals surface area contributed by atoms with Gasteiger partial charge in [-0.2, -0.15) is 0 Å². The van der Waals surface area contributed by atoms with Crippen LogP contribution in [-0.4, -0.2) is 4.40 Å². The Morgan fingerprint density at radius 3 is 3.00 bits per heavy atom. The molecule has 2 heteroatoms. The quantitative estimate of drug-likeness (QED) is 0.762. The molecule has 0 bridgehead atoms. The maximum atomic E-state index is 3.26. The second-order valence-electron chi connectivity index (χ2n) is 3.73. The van der Waals surface area contributed by atoms with Crippen LogP contribution in [0.25, 0.3) is 11.2 Å². The van der Waals surface area contributed by atoms with E-state index in [-0.39, 0.29) is 0 Å². The number of nitrogens with zero attached hydrogens (tertiary/aromatic N) is 1. The molecule has 0 radical (unpaired) electrons. The minimum Gasteiger partial charge on any atom is -0.361 e. The number of hydrogen-bond acceptors (Lipinski definition) is 1. The van der Waals surface area contributed by atoms with Crippen molar-refractivity contribution < 1.29 is 0 Å². The Labute approximate surface area is 94.2 Å². The van der Waals surface area contributed by atoms with Crippen molar-refractivity contribution in [2.24, 2.45) is 0 Å². The van der Waals surface area contributed by atoms with Gasteiger partial charge >= 0.3 is 0 Å². The Morgan fingerprint density at radius 1 is 1.00 bits per heavy atom. The van der Waals surface area contributed by atoms with E-state index in [0.29, 0.717) is 0 Å². The summed E-state index contributed by atoms with van der Waals surface area (Å²) in [7, 11) is 0. The summed E-state index contributed by atoms with van der Waals surface area (Å²) in [6, 6.07) is 8.39. The van der Waals surface area contributed by atoms with Crippen molar-refractivity contribution >= 4 is 11.2 Å². The summed E-state index contributed by atoms with van der Waals surface area (Å²) in [4.78, 5) is 0. The van der Waals surface area contributed by atoms with E-state index in [4.69, 9.17) is 0 Å². The Hall–Kier alpha value is -2.22. The molecule has 0 aliphatic carbocycles. The van der Waals surface area contributed by atoms with E-state index in [1.165, 1.54) is 11.1 Å². The molecular weight excluding hydrogens is 196 g/mol. The summed E-state index contributed by atoms with van der Waals surface area (Å²) in [6.45, 7) is 0. The highest BCUT2D eigenvalue weighted by atomic mass is 14.9. The maximum absolute atomic E-state index is 3.26.